The van der Waals surface area contributed by atoms with E-state index in [0.717, 1.165) is 151 Å². The van der Waals surface area contributed by atoms with Gasteiger partial charge in [0.15, 0.2) is 0 Å². The van der Waals surface area contributed by atoms with E-state index in [1.165, 1.54) is 10.9 Å². The van der Waals surface area contributed by atoms with Crippen molar-refractivity contribution >= 4 is 137 Å². The summed E-state index contributed by atoms with van der Waals surface area (Å²) in [5.74, 6) is 3.21. The molecule has 0 bridgehead atoms. The van der Waals surface area contributed by atoms with Crippen LogP contribution in [0.1, 0.15) is 0 Å². The van der Waals surface area contributed by atoms with Gasteiger partial charge in [0, 0.05) is 67.9 Å². The Labute approximate surface area is 492 Å². The third-order valence-electron chi connectivity index (χ3n) is 15.3. The molecule has 0 saturated heterocycles. The molecule has 20 heteroatoms. The van der Waals surface area contributed by atoms with Gasteiger partial charge in [0.05, 0.1) is 67.4 Å². The molecule has 12 nitrogen and oxygen atoms in total. The molecule has 13 aromatic rings. The van der Waals surface area contributed by atoms with Crippen molar-refractivity contribution in [1.82, 2.24) is 58.1 Å². The number of hydrogen-bond acceptors (Lipinski definition) is 12. The van der Waals surface area contributed by atoms with Crippen molar-refractivity contribution in [3.63, 3.8) is 0 Å². The second-order valence-electron chi connectivity index (χ2n) is 19.4. The molecule has 0 radical (unpaired) electrons. The van der Waals surface area contributed by atoms with Crippen LogP contribution in [0.4, 0.5) is 0 Å². The molecule has 4 aliphatic rings. The zero-order valence-corrected chi connectivity index (χ0v) is 49.1. The Hall–Kier alpha value is -6.51. The van der Waals surface area contributed by atoms with Crippen molar-refractivity contribution in [2.75, 3.05) is 0 Å². The van der Waals surface area contributed by atoms with Crippen molar-refractivity contribution in [2.24, 2.45) is 28.2 Å². The van der Waals surface area contributed by atoms with Crippen molar-refractivity contribution in [1.29, 1.82) is 0 Å². The SMILES string of the molecule is Cn1c(-c2[c-]c3c(nc2)Sc2c4c5c(c6c2B3c2[c-]c(-c3nc7ccccc7n3C)cnc2S6)Sc2ncc(-c3nc6ccccc6n3C)[c-]c2B5c2[c-]c(-c3nc5ccccc5n3C)cnc2S4)nc2ccccc21.[Pt+2].[Pt+2]. The zero-order chi connectivity index (χ0) is 50.2. The molecule has 0 fully saturated rings. The van der Waals surface area contributed by atoms with Gasteiger partial charge in [0.2, 0.25) is 13.4 Å². The molecule has 5 aromatic carbocycles. The fraction of sp³-hybridized carbons (Fsp3) is 0.0690. The first-order valence-electron chi connectivity index (χ1n) is 24.6. The first-order chi connectivity index (χ1) is 37.3. The first-order valence-corrected chi connectivity index (χ1v) is 27.9. The molecule has 17 rings (SSSR count). The topological polar surface area (TPSA) is 123 Å². The molecule has 8 aromatic heterocycles. The van der Waals surface area contributed by atoms with Crippen molar-refractivity contribution in [3.05, 3.63) is 146 Å². The third-order valence-corrected chi connectivity index (χ3v) is 20.1. The van der Waals surface area contributed by atoms with Gasteiger partial charge in [0.1, 0.15) is 0 Å². The quantitative estimate of drug-likeness (QED) is 0.128. The number of hydrogen-bond donors (Lipinski definition) is 0. The van der Waals surface area contributed by atoms with E-state index in [-0.39, 0.29) is 55.6 Å². The van der Waals surface area contributed by atoms with Gasteiger partial charge in [0.25, 0.3) is 0 Å². The standard InChI is InChI=1S/C58H32B2N12S4.2Pt/c1-69-41-17-9-5-13-37(41)65-51(69)29-21-33-55(61-25-29)73-47-45-48(74-56-34(59(33)45)22-30(26-62-56)52-66-38-14-6-10-18-42(38)70(52)2)50-46-49(47)75-57-35(23-31(27-63-57)53-67-39-15-7-11-19-43(39)71(53)3)60(46)36-24-32(28-64-58(36)76-50)54-68-40-16-8-12-20-44(40)72(54)4;;/h5-20,25-28H,1-4H3;;/q-4;2*+2. The van der Waals surface area contributed by atoms with Crippen LogP contribution in [-0.4, -0.2) is 71.6 Å². The predicted molar refractivity (Wildman–Crippen MR) is 303 cm³/mol. The molecular weight excluding hydrogens is 1400 g/mol. The van der Waals surface area contributed by atoms with E-state index in [0.29, 0.717) is 0 Å². The molecule has 0 aliphatic carbocycles. The number of nitrogens with zero attached hydrogens (tertiary/aromatic N) is 12. The van der Waals surface area contributed by atoms with Crippen molar-refractivity contribution in [3.8, 4) is 45.6 Å². The number of rotatable bonds is 4. The van der Waals surface area contributed by atoms with Gasteiger partial charge in [-0.1, -0.05) is 95.6 Å². The van der Waals surface area contributed by atoms with E-state index >= 15 is 0 Å². The summed E-state index contributed by atoms with van der Waals surface area (Å²) in [6, 6.07) is 48.7. The minimum atomic E-state index is -0.329. The minimum Gasteiger partial charge on any atom is -0.367 e. The van der Waals surface area contributed by atoms with Crippen LogP contribution < -0.4 is 32.8 Å². The summed E-state index contributed by atoms with van der Waals surface area (Å²) in [4.78, 5) is 46.5. The van der Waals surface area contributed by atoms with E-state index < -0.39 is 0 Å². The van der Waals surface area contributed by atoms with Crippen LogP contribution in [0, 0.1) is 24.3 Å². The Balaban J connectivity index is 0.00000264. The maximum atomic E-state index is 5.35. The Morgan fingerprint density at radius 2 is 0.577 bits per heavy atom. The van der Waals surface area contributed by atoms with Crippen molar-refractivity contribution < 1.29 is 42.1 Å². The predicted octanol–water partition coefficient (Wildman–Crippen LogP) is 7.57. The largest absolute Gasteiger partial charge is 2.00 e. The maximum Gasteiger partial charge on any atom is 2.00 e. The number of para-hydroxylation sites is 8. The Bertz CT molecular complexity index is 4190. The number of benzene rings is 5. The fourth-order valence-electron chi connectivity index (χ4n) is 11.7. The average Bonchev–Trinajstić information content (AvgIpc) is 3.71. The van der Waals surface area contributed by atoms with E-state index in [4.69, 9.17) is 39.9 Å². The molecular formula is C58H32B2N12Pt2S4. The minimum absolute atomic E-state index is 0. The summed E-state index contributed by atoms with van der Waals surface area (Å²) in [6.07, 6.45) is 7.72. The average molecular weight is 1440 g/mol. The van der Waals surface area contributed by atoms with Gasteiger partial charge in [-0.2, -0.15) is 0 Å². The molecule has 4 aliphatic heterocycles. The monoisotopic (exact) mass is 1440 g/mol. The second kappa shape index (κ2) is 18.0. The van der Waals surface area contributed by atoms with Gasteiger partial charge in [-0.15, -0.1) is 93.2 Å². The Kier molecular flexibility index (Phi) is 11.2. The number of imidazole rings is 4. The Morgan fingerprint density at radius 1 is 0.346 bits per heavy atom. The summed E-state index contributed by atoms with van der Waals surface area (Å²) in [7, 11) is 8.24. The second-order valence-corrected chi connectivity index (χ2v) is 23.4. The van der Waals surface area contributed by atoms with E-state index in [1.807, 2.05) is 73.3 Å². The van der Waals surface area contributed by atoms with Crippen LogP contribution in [0.15, 0.2) is 162 Å². The summed E-state index contributed by atoms with van der Waals surface area (Å²) >= 11 is 6.86. The third kappa shape index (κ3) is 6.89. The summed E-state index contributed by atoms with van der Waals surface area (Å²) in [5.41, 5.74) is 17.4. The maximum absolute atomic E-state index is 5.35. The van der Waals surface area contributed by atoms with Gasteiger partial charge >= 0.3 is 42.1 Å². The zero-order valence-electron chi connectivity index (χ0n) is 41.3. The normalized spacial score (nSPS) is 13.4. The van der Waals surface area contributed by atoms with Gasteiger partial charge in [-0.25, -0.2) is 0 Å². The van der Waals surface area contributed by atoms with E-state index in [2.05, 4.69) is 119 Å². The number of aromatic nitrogens is 12. The summed E-state index contributed by atoms with van der Waals surface area (Å²) in [5, 5.41) is 3.51. The Morgan fingerprint density at radius 3 is 0.808 bits per heavy atom. The molecule has 0 atom stereocenters. The first kappa shape index (κ1) is 48.6. The summed E-state index contributed by atoms with van der Waals surface area (Å²) in [6.45, 7) is -0.658. The molecule has 0 saturated carbocycles. The van der Waals surface area contributed by atoms with Gasteiger partial charge in [-0.3, -0.25) is 19.9 Å². The van der Waals surface area contributed by atoms with Crippen LogP contribution in [-0.2, 0) is 70.3 Å². The van der Waals surface area contributed by atoms with E-state index in [9.17, 15) is 0 Å². The summed E-state index contributed by atoms with van der Waals surface area (Å²) < 4.78 is 8.53. The van der Waals surface area contributed by atoms with Crippen molar-refractivity contribution in [2.45, 2.75) is 39.7 Å². The molecule has 374 valence electrons. The molecule has 0 unspecified atom stereocenters. The van der Waals surface area contributed by atoms with E-state index in [1.54, 1.807) is 47.0 Å². The molecule has 0 spiro atoms. The molecule has 78 heavy (non-hydrogen) atoms. The van der Waals surface area contributed by atoms with Crippen LogP contribution in [0.2, 0.25) is 0 Å². The number of fused-ring (bicyclic) bond motifs is 14. The van der Waals surface area contributed by atoms with Gasteiger partial charge < -0.3 is 38.2 Å². The van der Waals surface area contributed by atoms with Gasteiger partial charge in [-0.05, 0) is 59.5 Å². The smallest absolute Gasteiger partial charge is 0.367 e. The fourth-order valence-corrected chi connectivity index (χ4v) is 16.7. The van der Waals surface area contributed by atoms with Crippen LogP contribution in [0.5, 0.6) is 0 Å². The van der Waals surface area contributed by atoms with Crippen LogP contribution in [0.25, 0.3) is 89.7 Å². The van der Waals surface area contributed by atoms with Crippen LogP contribution >= 0.6 is 47.0 Å². The number of aryl methyl sites for hydroxylation is 4. The molecule has 0 amide bonds. The molecule has 0 N–H and O–H groups in total. The van der Waals surface area contributed by atoms with Crippen LogP contribution in [0.3, 0.4) is 0 Å². The molecule has 12 heterocycles. The number of pyridine rings is 4.